The van der Waals surface area contributed by atoms with E-state index in [0.29, 0.717) is 0 Å². The molecule has 1 saturated heterocycles. The standard InChI is InChI=1S/C21H28N2O3.2ClH/c1-24-20-6-4-3-5-18(20)15-22-14-17-7-8-21(25-2)19(13-17)16-23-9-11-26-12-10-23;;/h3-8,13,22H,9-12,14-16H2,1-2H3;2*1H. The number of rotatable bonds is 8. The lowest BCUT2D eigenvalue weighted by molar-refractivity contribution is 0.0339. The third kappa shape index (κ3) is 6.83. The minimum absolute atomic E-state index is 0. The molecule has 156 valence electrons. The van der Waals surface area contributed by atoms with Crippen LogP contribution in [0.2, 0.25) is 0 Å². The predicted octanol–water partition coefficient (Wildman–Crippen LogP) is 3.67. The molecular weight excluding hydrogens is 399 g/mol. The number of nitrogens with one attached hydrogen (secondary N) is 1. The van der Waals surface area contributed by atoms with Gasteiger partial charge in [0.1, 0.15) is 11.5 Å². The van der Waals surface area contributed by atoms with E-state index in [9.17, 15) is 0 Å². The molecule has 7 heteroatoms. The van der Waals surface area contributed by atoms with E-state index in [2.05, 4.69) is 34.5 Å². The minimum Gasteiger partial charge on any atom is -0.496 e. The van der Waals surface area contributed by atoms with Crippen LogP contribution in [0.15, 0.2) is 42.5 Å². The summed E-state index contributed by atoms with van der Waals surface area (Å²) in [6.07, 6.45) is 0. The molecule has 0 spiro atoms. The highest BCUT2D eigenvalue weighted by atomic mass is 35.5. The molecule has 0 radical (unpaired) electrons. The van der Waals surface area contributed by atoms with Crippen molar-refractivity contribution in [3.63, 3.8) is 0 Å². The van der Waals surface area contributed by atoms with Gasteiger partial charge in [0.05, 0.1) is 27.4 Å². The number of nitrogens with zero attached hydrogens (tertiary/aromatic N) is 1. The molecule has 0 unspecified atom stereocenters. The molecule has 1 aliphatic rings. The number of methoxy groups -OCH3 is 2. The summed E-state index contributed by atoms with van der Waals surface area (Å²) in [5.41, 5.74) is 3.65. The number of para-hydroxylation sites is 1. The third-order valence-corrected chi connectivity index (χ3v) is 4.68. The summed E-state index contributed by atoms with van der Waals surface area (Å²) in [7, 11) is 3.44. The Kier molecular flexibility index (Phi) is 11.3. The largest absolute Gasteiger partial charge is 0.496 e. The van der Waals surface area contributed by atoms with Crippen LogP contribution in [-0.2, 0) is 24.4 Å². The lowest BCUT2D eigenvalue weighted by Crippen LogP contribution is -2.35. The summed E-state index contributed by atoms with van der Waals surface area (Å²) in [6.45, 7) is 6.03. The average molecular weight is 429 g/mol. The molecule has 0 aliphatic carbocycles. The monoisotopic (exact) mass is 428 g/mol. The van der Waals surface area contributed by atoms with Crippen molar-refractivity contribution >= 4 is 24.8 Å². The van der Waals surface area contributed by atoms with E-state index in [1.165, 1.54) is 11.1 Å². The predicted molar refractivity (Wildman–Crippen MR) is 117 cm³/mol. The maximum atomic E-state index is 5.55. The zero-order valence-electron chi connectivity index (χ0n) is 16.5. The van der Waals surface area contributed by atoms with Gasteiger partial charge in [-0.25, -0.2) is 0 Å². The van der Waals surface area contributed by atoms with Crippen molar-refractivity contribution in [3.05, 3.63) is 59.2 Å². The molecule has 0 aromatic heterocycles. The summed E-state index contributed by atoms with van der Waals surface area (Å²) in [5.74, 6) is 1.87. The Morgan fingerprint density at radius 1 is 0.893 bits per heavy atom. The van der Waals surface area contributed by atoms with Crippen molar-refractivity contribution in [2.45, 2.75) is 19.6 Å². The van der Waals surface area contributed by atoms with Gasteiger partial charge in [-0.05, 0) is 23.8 Å². The third-order valence-electron chi connectivity index (χ3n) is 4.68. The SMILES string of the molecule is COc1ccccc1CNCc1ccc(OC)c(CN2CCOCC2)c1.Cl.Cl. The Labute approximate surface area is 180 Å². The van der Waals surface area contributed by atoms with Crippen molar-refractivity contribution < 1.29 is 14.2 Å². The quantitative estimate of drug-likeness (QED) is 0.694. The van der Waals surface area contributed by atoms with Crippen molar-refractivity contribution in [1.29, 1.82) is 0 Å². The van der Waals surface area contributed by atoms with E-state index >= 15 is 0 Å². The molecule has 3 rings (SSSR count). The van der Waals surface area contributed by atoms with Gasteiger partial charge in [-0.15, -0.1) is 24.8 Å². The summed E-state index contributed by atoms with van der Waals surface area (Å²) < 4.78 is 16.4. The maximum Gasteiger partial charge on any atom is 0.123 e. The number of hydrogen-bond acceptors (Lipinski definition) is 5. The summed E-state index contributed by atoms with van der Waals surface area (Å²) in [5, 5.41) is 3.51. The highest BCUT2D eigenvalue weighted by Gasteiger charge is 2.14. The summed E-state index contributed by atoms with van der Waals surface area (Å²) in [6, 6.07) is 14.5. The Morgan fingerprint density at radius 2 is 1.57 bits per heavy atom. The molecular formula is C21H30Cl2N2O3. The zero-order chi connectivity index (χ0) is 18.2. The molecule has 2 aromatic rings. The lowest BCUT2D eigenvalue weighted by Gasteiger charge is -2.27. The Hall–Kier alpha value is -1.50. The Morgan fingerprint density at radius 3 is 2.29 bits per heavy atom. The molecule has 28 heavy (non-hydrogen) atoms. The number of benzene rings is 2. The number of halogens is 2. The van der Waals surface area contributed by atoms with Gasteiger partial charge < -0.3 is 19.5 Å². The van der Waals surface area contributed by atoms with E-state index in [4.69, 9.17) is 14.2 Å². The smallest absolute Gasteiger partial charge is 0.123 e. The van der Waals surface area contributed by atoms with Crippen LogP contribution < -0.4 is 14.8 Å². The van der Waals surface area contributed by atoms with Crippen LogP contribution in [0.4, 0.5) is 0 Å². The fraction of sp³-hybridized carbons (Fsp3) is 0.429. The molecule has 0 bridgehead atoms. The van der Waals surface area contributed by atoms with Gasteiger partial charge >= 0.3 is 0 Å². The van der Waals surface area contributed by atoms with E-state index in [0.717, 1.165) is 63.0 Å². The second-order valence-electron chi connectivity index (χ2n) is 6.45. The molecule has 1 heterocycles. The van der Waals surface area contributed by atoms with Gasteiger partial charge in [0, 0.05) is 43.9 Å². The lowest BCUT2D eigenvalue weighted by atomic mass is 10.1. The molecule has 1 N–H and O–H groups in total. The summed E-state index contributed by atoms with van der Waals surface area (Å²) in [4.78, 5) is 2.41. The maximum absolute atomic E-state index is 5.55. The molecule has 0 saturated carbocycles. The molecule has 1 aliphatic heterocycles. The number of ether oxygens (including phenoxy) is 3. The first-order chi connectivity index (χ1) is 12.8. The van der Waals surface area contributed by atoms with Crippen LogP contribution in [0.3, 0.4) is 0 Å². The zero-order valence-corrected chi connectivity index (χ0v) is 18.1. The van der Waals surface area contributed by atoms with Gasteiger partial charge in [-0.1, -0.05) is 24.3 Å². The van der Waals surface area contributed by atoms with Gasteiger partial charge in [0.2, 0.25) is 0 Å². The first-order valence-corrected chi connectivity index (χ1v) is 9.08. The van der Waals surface area contributed by atoms with Gasteiger partial charge in [0.25, 0.3) is 0 Å². The Balaban J connectivity index is 0.00000196. The second-order valence-corrected chi connectivity index (χ2v) is 6.45. The van der Waals surface area contributed by atoms with Crippen LogP contribution >= 0.6 is 24.8 Å². The minimum atomic E-state index is 0. The second kappa shape index (κ2) is 12.9. The van der Waals surface area contributed by atoms with Crippen LogP contribution in [0.5, 0.6) is 11.5 Å². The summed E-state index contributed by atoms with van der Waals surface area (Å²) >= 11 is 0. The molecule has 2 aromatic carbocycles. The molecule has 0 atom stereocenters. The van der Waals surface area contributed by atoms with Crippen molar-refractivity contribution in [2.24, 2.45) is 0 Å². The fourth-order valence-electron chi connectivity index (χ4n) is 3.26. The van der Waals surface area contributed by atoms with E-state index in [1.54, 1.807) is 14.2 Å². The molecule has 0 amide bonds. The van der Waals surface area contributed by atoms with Crippen molar-refractivity contribution in [1.82, 2.24) is 10.2 Å². The van der Waals surface area contributed by atoms with Crippen LogP contribution in [0.25, 0.3) is 0 Å². The van der Waals surface area contributed by atoms with E-state index in [1.807, 2.05) is 18.2 Å². The number of hydrogen-bond donors (Lipinski definition) is 1. The van der Waals surface area contributed by atoms with Crippen molar-refractivity contribution in [2.75, 3.05) is 40.5 Å². The van der Waals surface area contributed by atoms with E-state index < -0.39 is 0 Å². The first-order valence-electron chi connectivity index (χ1n) is 9.08. The van der Waals surface area contributed by atoms with Crippen LogP contribution in [0.1, 0.15) is 16.7 Å². The first kappa shape index (κ1) is 24.5. The highest BCUT2D eigenvalue weighted by molar-refractivity contribution is 5.85. The molecule has 5 nitrogen and oxygen atoms in total. The normalized spacial score (nSPS) is 13.9. The van der Waals surface area contributed by atoms with Gasteiger partial charge in [-0.2, -0.15) is 0 Å². The topological polar surface area (TPSA) is 43.0 Å². The van der Waals surface area contributed by atoms with Gasteiger partial charge in [-0.3, -0.25) is 4.90 Å². The fourth-order valence-corrected chi connectivity index (χ4v) is 3.26. The Bertz CT molecular complexity index is 710. The van der Waals surface area contributed by atoms with Crippen molar-refractivity contribution in [3.8, 4) is 11.5 Å². The molecule has 1 fully saturated rings. The highest BCUT2D eigenvalue weighted by Crippen LogP contribution is 2.22. The average Bonchev–Trinajstić information content (AvgIpc) is 2.69. The van der Waals surface area contributed by atoms with Crippen LogP contribution in [0, 0.1) is 0 Å². The van der Waals surface area contributed by atoms with Gasteiger partial charge in [0.15, 0.2) is 0 Å². The van der Waals surface area contributed by atoms with E-state index in [-0.39, 0.29) is 24.8 Å². The number of morpholine rings is 1. The van der Waals surface area contributed by atoms with Crippen LogP contribution in [-0.4, -0.2) is 45.4 Å².